The number of benzene rings is 1. The molecule has 1 unspecified atom stereocenters. The van der Waals surface area contributed by atoms with Crippen LogP contribution in [0.15, 0.2) is 12.1 Å². The number of likely N-dealkylation sites (tertiary alicyclic amines) is 1. The number of rotatable bonds is 4. The average Bonchev–Trinajstić information content (AvgIpc) is 3.08. The number of hydrogen-bond donors (Lipinski definition) is 2. The summed E-state index contributed by atoms with van der Waals surface area (Å²) in [4.78, 5) is 14.7. The molecule has 0 bridgehead atoms. The number of nitrogens with two attached hydrogens (primary N) is 1. The van der Waals surface area contributed by atoms with E-state index < -0.39 is 0 Å². The van der Waals surface area contributed by atoms with Crippen molar-refractivity contribution >= 4 is 11.6 Å². The number of nitrogen functional groups attached to an aromatic ring is 1. The maximum absolute atomic E-state index is 12.3. The second-order valence-electron chi connectivity index (χ2n) is 5.67. The smallest absolute Gasteiger partial charge is 0.253 e. The molecule has 2 heterocycles. The van der Waals surface area contributed by atoms with E-state index in [-0.39, 0.29) is 18.7 Å². The van der Waals surface area contributed by atoms with E-state index in [2.05, 4.69) is 10.2 Å². The summed E-state index contributed by atoms with van der Waals surface area (Å²) in [5.41, 5.74) is 6.77. The molecule has 114 valence electrons. The van der Waals surface area contributed by atoms with Gasteiger partial charge in [0.05, 0.1) is 5.56 Å². The Labute approximate surface area is 124 Å². The lowest BCUT2D eigenvalue weighted by molar-refractivity contribution is 0.0932. The van der Waals surface area contributed by atoms with Crippen LogP contribution in [0, 0.1) is 0 Å². The number of nitrogens with one attached hydrogen (secondary N) is 1. The molecule has 6 nitrogen and oxygen atoms in total. The molecule has 3 rings (SSSR count). The number of hydrogen-bond acceptors (Lipinski definition) is 5. The van der Waals surface area contributed by atoms with Crippen molar-refractivity contribution in [1.29, 1.82) is 0 Å². The Morgan fingerprint density at radius 2 is 2.00 bits per heavy atom. The predicted octanol–water partition coefficient (Wildman–Crippen LogP) is 1.21. The van der Waals surface area contributed by atoms with Crippen molar-refractivity contribution in [2.45, 2.75) is 25.8 Å². The number of carbonyl (C=O) groups is 1. The Morgan fingerprint density at radius 1 is 1.33 bits per heavy atom. The number of carbonyl (C=O) groups excluding carboxylic acids is 1. The fourth-order valence-electron chi connectivity index (χ4n) is 2.85. The highest BCUT2D eigenvalue weighted by Gasteiger charge is 2.21. The third-order valence-corrected chi connectivity index (χ3v) is 3.90. The highest BCUT2D eigenvalue weighted by atomic mass is 16.7. The van der Waals surface area contributed by atoms with Gasteiger partial charge in [-0.15, -0.1) is 0 Å². The number of anilines is 1. The Morgan fingerprint density at radius 3 is 2.71 bits per heavy atom. The standard InChI is InChI=1S/C15H21N3O3/c1-10(8-18-4-2-3-5-18)17-15(19)11-6-13-14(7-12(11)16)21-9-20-13/h6-7,10H,2-5,8-9,16H2,1H3,(H,17,19). The second-order valence-corrected chi connectivity index (χ2v) is 5.67. The molecule has 2 aliphatic rings. The minimum atomic E-state index is -0.169. The molecule has 3 N–H and O–H groups in total. The molecule has 2 aliphatic heterocycles. The summed E-state index contributed by atoms with van der Waals surface area (Å²) in [6, 6.07) is 3.37. The minimum Gasteiger partial charge on any atom is -0.454 e. The summed E-state index contributed by atoms with van der Waals surface area (Å²) in [7, 11) is 0. The molecule has 0 spiro atoms. The van der Waals surface area contributed by atoms with E-state index >= 15 is 0 Å². The molecule has 6 heteroatoms. The highest BCUT2D eigenvalue weighted by Crippen LogP contribution is 2.35. The summed E-state index contributed by atoms with van der Waals surface area (Å²) in [5.74, 6) is 0.994. The topological polar surface area (TPSA) is 76.8 Å². The van der Waals surface area contributed by atoms with Gasteiger partial charge in [0.2, 0.25) is 6.79 Å². The van der Waals surface area contributed by atoms with Crippen molar-refractivity contribution in [3.05, 3.63) is 17.7 Å². The van der Waals surface area contributed by atoms with Gasteiger partial charge in [0.25, 0.3) is 5.91 Å². The maximum atomic E-state index is 12.3. The molecule has 1 aromatic rings. The summed E-state index contributed by atoms with van der Waals surface area (Å²) in [6.45, 7) is 5.29. The SMILES string of the molecule is CC(CN1CCCC1)NC(=O)c1cc2c(cc1N)OCO2. The molecule has 1 saturated heterocycles. The minimum absolute atomic E-state index is 0.0837. The fourth-order valence-corrected chi connectivity index (χ4v) is 2.85. The predicted molar refractivity (Wildman–Crippen MR) is 79.6 cm³/mol. The van der Waals surface area contributed by atoms with Crippen LogP contribution in [0.2, 0.25) is 0 Å². The zero-order valence-electron chi connectivity index (χ0n) is 12.2. The first-order valence-corrected chi connectivity index (χ1v) is 7.36. The molecule has 0 saturated carbocycles. The molecule has 1 amide bonds. The molecule has 21 heavy (non-hydrogen) atoms. The van der Waals surface area contributed by atoms with Gasteiger partial charge in [-0.1, -0.05) is 0 Å². The number of ether oxygens (including phenoxy) is 2. The summed E-state index contributed by atoms with van der Waals surface area (Å²) < 4.78 is 10.5. The van der Waals surface area contributed by atoms with Crippen molar-refractivity contribution in [2.75, 3.05) is 32.2 Å². The van der Waals surface area contributed by atoms with Crippen LogP contribution < -0.4 is 20.5 Å². The lowest BCUT2D eigenvalue weighted by Crippen LogP contribution is -2.41. The first-order chi connectivity index (χ1) is 10.1. The Balaban J connectivity index is 1.64. The zero-order valence-corrected chi connectivity index (χ0v) is 12.2. The normalized spacial score (nSPS) is 18.7. The molecule has 1 fully saturated rings. The van der Waals surface area contributed by atoms with Gasteiger partial charge in [-0.25, -0.2) is 0 Å². The van der Waals surface area contributed by atoms with E-state index in [1.165, 1.54) is 12.8 Å². The average molecular weight is 291 g/mol. The monoisotopic (exact) mass is 291 g/mol. The molecule has 0 aliphatic carbocycles. The Kier molecular flexibility index (Phi) is 3.88. The van der Waals surface area contributed by atoms with E-state index in [1.54, 1.807) is 12.1 Å². The summed E-state index contributed by atoms with van der Waals surface area (Å²) >= 11 is 0. The maximum Gasteiger partial charge on any atom is 0.253 e. The first-order valence-electron chi connectivity index (χ1n) is 7.36. The van der Waals surface area contributed by atoms with Crippen molar-refractivity contribution in [3.63, 3.8) is 0 Å². The quantitative estimate of drug-likeness (QED) is 0.816. The molecule has 0 aromatic heterocycles. The number of amides is 1. The zero-order chi connectivity index (χ0) is 14.8. The van der Waals surface area contributed by atoms with Gasteiger partial charge in [0.15, 0.2) is 11.5 Å². The van der Waals surface area contributed by atoms with Crippen molar-refractivity contribution < 1.29 is 14.3 Å². The number of nitrogens with zero attached hydrogens (tertiary/aromatic N) is 1. The Hall–Kier alpha value is -1.95. The second kappa shape index (κ2) is 5.81. The van der Waals surface area contributed by atoms with Gasteiger partial charge in [-0.3, -0.25) is 4.79 Å². The van der Waals surface area contributed by atoms with Crippen molar-refractivity contribution in [2.24, 2.45) is 0 Å². The van der Waals surface area contributed by atoms with Crippen molar-refractivity contribution in [1.82, 2.24) is 10.2 Å². The molecular weight excluding hydrogens is 270 g/mol. The van der Waals surface area contributed by atoms with E-state index in [0.29, 0.717) is 22.7 Å². The van der Waals surface area contributed by atoms with Crippen LogP contribution in [0.3, 0.4) is 0 Å². The van der Waals surface area contributed by atoms with Gasteiger partial charge < -0.3 is 25.4 Å². The molecule has 1 aromatic carbocycles. The lowest BCUT2D eigenvalue weighted by Gasteiger charge is -2.21. The van der Waals surface area contributed by atoms with Crippen LogP contribution in [0.5, 0.6) is 11.5 Å². The van der Waals surface area contributed by atoms with E-state index in [0.717, 1.165) is 19.6 Å². The van der Waals surface area contributed by atoms with Crippen LogP contribution in [-0.4, -0.2) is 43.3 Å². The van der Waals surface area contributed by atoms with Gasteiger partial charge in [0, 0.05) is 24.3 Å². The largest absolute Gasteiger partial charge is 0.454 e. The summed E-state index contributed by atoms with van der Waals surface area (Å²) in [6.07, 6.45) is 2.49. The summed E-state index contributed by atoms with van der Waals surface area (Å²) in [5, 5.41) is 3.00. The third kappa shape index (κ3) is 3.05. The molecular formula is C15H21N3O3. The van der Waals surface area contributed by atoms with Gasteiger partial charge in [0.1, 0.15) is 0 Å². The van der Waals surface area contributed by atoms with Crippen LogP contribution in [0.25, 0.3) is 0 Å². The van der Waals surface area contributed by atoms with E-state index in [4.69, 9.17) is 15.2 Å². The fraction of sp³-hybridized carbons (Fsp3) is 0.533. The lowest BCUT2D eigenvalue weighted by atomic mass is 10.1. The van der Waals surface area contributed by atoms with Crippen LogP contribution in [0.1, 0.15) is 30.1 Å². The highest BCUT2D eigenvalue weighted by molar-refractivity contribution is 6.00. The first kappa shape index (κ1) is 14.0. The van der Waals surface area contributed by atoms with Crippen LogP contribution >= 0.6 is 0 Å². The van der Waals surface area contributed by atoms with Crippen LogP contribution in [-0.2, 0) is 0 Å². The third-order valence-electron chi connectivity index (χ3n) is 3.90. The van der Waals surface area contributed by atoms with Crippen LogP contribution in [0.4, 0.5) is 5.69 Å². The van der Waals surface area contributed by atoms with E-state index in [9.17, 15) is 4.79 Å². The van der Waals surface area contributed by atoms with E-state index in [1.807, 2.05) is 6.92 Å². The number of fused-ring (bicyclic) bond motifs is 1. The molecule has 1 atom stereocenters. The Bertz CT molecular complexity index is 541. The van der Waals surface area contributed by atoms with Gasteiger partial charge in [-0.05, 0) is 38.9 Å². The molecule has 0 radical (unpaired) electrons. The van der Waals surface area contributed by atoms with Crippen molar-refractivity contribution in [3.8, 4) is 11.5 Å². The van der Waals surface area contributed by atoms with Gasteiger partial charge >= 0.3 is 0 Å². The van der Waals surface area contributed by atoms with Gasteiger partial charge in [-0.2, -0.15) is 0 Å².